The molecule has 0 aliphatic carbocycles. The van der Waals surface area contributed by atoms with Crippen molar-refractivity contribution in [2.75, 3.05) is 11.1 Å². The van der Waals surface area contributed by atoms with E-state index in [1.165, 1.54) is 18.2 Å². The average molecular weight is 372 g/mol. The van der Waals surface area contributed by atoms with Gasteiger partial charge in [0.05, 0.1) is 26.3 Å². The standard InChI is InChI=1S/C16H15Cl2NO3S/c1-2-9-23(21,22)15-6-4-3-5-12(15)16(20)19-11-7-8-13(17)14(18)10-11/h3-8,10H,2,9H2,1H3,(H,19,20). The van der Waals surface area contributed by atoms with Crippen molar-refractivity contribution >= 4 is 44.6 Å². The largest absolute Gasteiger partial charge is 0.322 e. The number of halogens is 2. The molecule has 2 aromatic carbocycles. The van der Waals surface area contributed by atoms with Crippen LogP contribution in [0.15, 0.2) is 47.4 Å². The lowest BCUT2D eigenvalue weighted by atomic mass is 10.2. The summed E-state index contributed by atoms with van der Waals surface area (Å²) >= 11 is 11.7. The van der Waals surface area contributed by atoms with Crippen molar-refractivity contribution in [2.24, 2.45) is 0 Å². The Balaban J connectivity index is 2.35. The van der Waals surface area contributed by atoms with Crippen LogP contribution in [0.2, 0.25) is 10.0 Å². The summed E-state index contributed by atoms with van der Waals surface area (Å²) in [7, 11) is -3.50. The predicted octanol–water partition coefficient (Wildman–Crippen LogP) is 4.43. The minimum absolute atomic E-state index is 0.00985. The Morgan fingerprint density at radius 2 is 1.78 bits per heavy atom. The summed E-state index contributed by atoms with van der Waals surface area (Å²) in [6.45, 7) is 1.77. The van der Waals surface area contributed by atoms with Crippen molar-refractivity contribution in [3.8, 4) is 0 Å². The molecule has 0 spiro atoms. The molecule has 0 bridgehead atoms. The minimum atomic E-state index is -3.50. The smallest absolute Gasteiger partial charge is 0.256 e. The molecule has 0 heterocycles. The van der Waals surface area contributed by atoms with Crippen LogP contribution in [0.4, 0.5) is 5.69 Å². The van der Waals surface area contributed by atoms with Gasteiger partial charge < -0.3 is 5.32 Å². The fraction of sp³-hybridized carbons (Fsp3) is 0.188. The second-order valence-corrected chi connectivity index (χ2v) is 7.79. The molecule has 2 rings (SSSR count). The monoisotopic (exact) mass is 371 g/mol. The van der Waals surface area contributed by atoms with Gasteiger partial charge in [-0.15, -0.1) is 0 Å². The number of carbonyl (C=O) groups is 1. The van der Waals surface area contributed by atoms with E-state index < -0.39 is 15.7 Å². The van der Waals surface area contributed by atoms with Gasteiger partial charge in [-0.2, -0.15) is 0 Å². The Morgan fingerprint density at radius 3 is 2.43 bits per heavy atom. The zero-order valence-electron chi connectivity index (χ0n) is 12.3. The first-order valence-corrected chi connectivity index (χ1v) is 9.34. The summed E-state index contributed by atoms with van der Waals surface area (Å²) in [5, 5.41) is 3.31. The lowest BCUT2D eigenvalue weighted by Gasteiger charge is -2.11. The number of carbonyl (C=O) groups excluding carboxylic acids is 1. The van der Waals surface area contributed by atoms with Crippen LogP contribution in [0.1, 0.15) is 23.7 Å². The summed E-state index contributed by atoms with van der Waals surface area (Å²) in [5.41, 5.74) is 0.541. The van der Waals surface area contributed by atoms with Crippen molar-refractivity contribution in [3.63, 3.8) is 0 Å². The minimum Gasteiger partial charge on any atom is -0.322 e. The molecule has 0 saturated heterocycles. The summed E-state index contributed by atoms with van der Waals surface area (Å²) in [5.74, 6) is -0.525. The van der Waals surface area contributed by atoms with Crippen LogP contribution in [0.5, 0.6) is 0 Å². The van der Waals surface area contributed by atoms with E-state index in [-0.39, 0.29) is 16.2 Å². The zero-order chi connectivity index (χ0) is 17.0. The topological polar surface area (TPSA) is 63.2 Å². The predicted molar refractivity (Wildman–Crippen MR) is 93.2 cm³/mol. The molecule has 0 saturated carbocycles. The van der Waals surface area contributed by atoms with Gasteiger partial charge in [0.2, 0.25) is 0 Å². The first-order chi connectivity index (χ1) is 10.8. The van der Waals surface area contributed by atoms with E-state index in [0.29, 0.717) is 22.2 Å². The van der Waals surface area contributed by atoms with Crippen LogP contribution in [0.3, 0.4) is 0 Å². The van der Waals surface area contributed by atoms with Gasteiger partial charge in [-0.25, -0.2) is 8.42 Å². The van der Waals surface area contributed by atoms with Crippen molar-refractivity contribution in [2.45, 2.75) is 18.2 Å². The molecule has 7 heteroatoms. The molecule has 122 valence electrons. The van der Waals surface area contributed by atoms with E-state index in [9.17, 15) is 13.2 Å². The highest BCUT2D eigenvalue weighted by molar-refractivity contribution is 7.91. The molecule has 0 aliphatic rings. The van der Waals surface area contributed by atoms with E-state index >= 15 is 0 Å². The molecule has 0 unspecified atom stereocenters. The van der Waals surface area contributed by atoms with Crippen molar-refractivity contribution in [1.29, 1.82) is 0 Å². The molecule has 1 amide bonds. The first kappa shape index (κ1) is 17.8. The lowest BCUT2D eigenvalue weighted by Crippen LogP contribution is -2.17. The van der Waals surface area contributed by atoms with E-state index in [4.69, 9.17) is 23.2 Å². The summed E-state index contributed by atoms with van der Waals surface area (Å²) in [6, 6.07) is 10.8. The molecule has 1 N–H and O–H groups in total. The van der Waals surface area contributed by atoms with Gasteiger partial charge >= 0.3 is 0 Å². The van der Waals surface area contributed by atoms with Gasteiger partial charge in [0.15, 0.2) is 9.84 Å². The molecule has 0 aromatic heterocycles. The number of nitrogens with one attached hydrogen (secondary N) is 1. The SMILES string of the molecule is CCCS(=O)(=O)c1ccccc1C(=O)Nc1ccc(Cl)c(Cl)c1. The van der Waals surface area contributed by atoms with Crippen molar-refractivity contribution < 1.29 is 13.2 Å². The second kappa shape index (κ2) is 7.34. The Hall–Kier alpha value is -1.56. The molecule has 4 nitrogen and oxygen atoms in total. The maximum atomic E-state index is 12.4. The number of amides is 1. The third-order valence-corrected chi connectivity index (χ3v) is 5.83. The summed E-state index contributed by atoms with van der Waals surface area (Å²) < 4.78 is 24.6. The molecule has 23 heavy (non-hydrogen) atoms. The van der Waals surface area contributed by atoms with Crippen molar-refractivity contribution in [3.05, 3.63) is 58.1 Å². The zero-order valence-corrected chi connectivity index (χ0v) is 14.7. The summed E-state index contributed by atoms with van der Waals surface area (Å²) in [4.78, 5) is 12.5. The number of sulfone groups is 1. The number of rotatable bonds is 5. The van der Waals surface area contributed by atoms with Gasteiger partial charge in [0.1, 0.15) is 0 Å². The average Bonchev–Trinajstić information content (AvgIpc) is 2.51. The third-order valence-electron chi connectivity index (χ3n) is 3.12. The Labute approximate surface area is 145 Å². The molecule has 0 radical (unpaired) electrons. The van der Waals surface area contributed by atoms with E-state index in [0.717, 1.165) is 0 Å². The summed E-state index contributed by atoms with van der Waals surface area (Å²) in [6.07, 6.45) is 0.477. The maximum absolute atomic E-state index is 12.4. The van der Waals surface area contributed by atoms with Gasteiger partial charge in [-0.3, -0.25) is 4.79 Å². The van der Waals surface area contributed by atoms with Crippen LogP contribution in [0.25, 0.3) is 0 Å². The fourth-order valence-electron chi connectivity index (χ4n) is 2.08. The van der Waals surface area contributed by atoms with Crippen LogP contribution in [-0.2, 0) is 9.84 Å². The van der Waals surface area contributed by atoms with Crippen LogP contribution in [0, 0.1) is 0 Å². The Bertz CT molecular complexity index is 835. The Kier molecular flexibility index (Phi) is 5.68. The number of benzene rings is 2. The molecular formula is C16H15Cl2NO3S. The van der Waals surface area contributed by atoms with E-state index in [1.807, 2.05) is 0 Å². The fourth-order valence-corrected chi connectivity index (χ4v) is 3.91. The van der Waals surface area contributed by atoms with Crippen molar-refractivity contribution in [1.82, 2.24) is 0 Å². The lowest BCUT2D eigenvalue weighted by molar-refractivity contribution is 0.102. The van der Waals surface area contributed by atoms with Gasteiger partial charge in [-0.05, 0) is 36.8 Å². The maximum Gasteiger partial charge on any atom is 0.256 e. The molecule has 2 aromatic rings. The first-order valence-electron chi connectivity index (χ1n) is 6.93. The highest BCUT2D eigenvalue weighted by Crippen LogP contribution is 2.26. The Morgan fingerprint density at radius 1 is 1.09 bits per heavy atom. The van der Waals surface area contributed by atoms with Gasteiger partial charge in [0.25, 0.3) is 5.91 Å². The number of hydrogen-bond donors (Lipinski definition) is 1. The van der Waals surface area contributed by atoms with E-state index in [2.05, 4.69) is 5.32 Å². The van der Waals surface area contributed by atoms with Gasteiger partial charge in [-0.1, -0.05) is 42.3 Å². The van der Waals surface area contributed by atoms with Crippen LogP contribution < -0.4 is 5.32 Å². The second-order valence-electron chi connectivity index (χ2n) is 4.90. The normalized spacial score (nSPS) is 11.3. The molecule has 0 atom stereocenters. The molecule has 0 aliphatic heterocycles. The molecular weight excluding hydrogens is 357 g/mol. The molecule has 0 fully saturated rings. The highest BCUT2D eigenvalue weighted by Gasteiger charge is 2.21. The van der Waals surface area contributed by atoms with Gasteiger partial charge in [0, 0.05) is 5.69 Å². The van der Waals surface area contributed by atoms with Crippen LogP contribution >= 0.6 is 23.2 Å². The third kappa shape index (κ3) is 4.25. The number of hydrogen-bond acceptors (Lipinski definition) is 3. The quantitative estimate of drug-likeness (QED) is 0.845. The van der Waals surface area contributed by atoms with E-state index in [1.54, 1.807) is 31.2 Å². The number of anilines is 1. The van der Waals surface area contributed by atoms with Crippen LogP contribution in [-0.4, -0.2) is 20.1 Å². The highest BCUT2D eigenvalue weighted by atomic mass is 35.5.